The van der Waals surface area contributed by atoms with Crippen molar-refractivity contribution in [3.63, 3.8) is 0 Å². The van der Waals surface area contributed by atoms with Crippen molar-refractivity contribution in [1.29, 1.82) is 0 Å². The second-order valence-electron chi connectivity index (χ2n) is 4.23. The van der Waals surface area contributed by atoms with Gasteiger partial charge >= 0.3 is 0 Å². The van der Waals surface area contributed by atoms with E-state index in [0.717, 1.165) is 18.4 Å². The number of aromatic nitrogens is 8. The van der Waals surface area contributed by atoms with Gasteiger partial charge in [-0.2, -0.15) is 4.98 Å². The lowest BCUT2D eigenvalue weighted by molar-refractivity contribution is 0.565. The number of nitrogens with two attached hydrogens (primary N) is 1. The normalized spacial score (nSPS) is 15.2. The highest BCUT2D eigenvalue weighted by Crippen LogP contribution is 2.38. The highest BCUT2D eigenvalue weighted by Gasteiger charge is 2.28. The van der Waals surface area contributed by atoms with Crippen LogP contribution in [0.2, 0.25) is 0 Å². The van der Waals surface area contributed by atoms with Gasteiger partial charge in [-0.05, 0) is 35.0 Å². The molecular weight excluding hydrogens is 266 g/mol. The molecule has 0 spiro atoms. The molecule has 0 unspecified atom stereocenters. The van der Waals surface area contributed by atoms with Crippen LogP contribution in [0, 0.1) is 0 Å². The Morgan fingerprint density at radius 1 is 1.37 bits per heavy atom. The van der Waals surface area contributed by atoms with Gasteiger partial charge < -0.3 is 10.7 Å². The van der Waals surface area contributed by atoms with Gasteiger partial charge in [0.25, 0.3) is 0 Å². The van der Waals surface area contributed by atoms with Gasteiger partial charge in [0.15, 0.2) is 5.65 Å². The molecule has 0 aliphatic heterocycles. The summed E-state index contributed by atoms with van der Waals surface area (Å²) in [5, 5.41) is 13.1. The van der Waals surface area contributed by atoms with E-state index in [1.165, 1.54) is 11.8 Å². The number of nitrogens with zero attached hydrogens (tertiary/aromatic N) is 7. The van der Waals surface area contributed by atoms with Crippen molar-refractivity contribution >= 4 is 28.9 Å². The van der Waals surface area contributed by atoms with Crippen molar-refractivity contribution < 1.29 is 0 Å². The number of nitrogens with one attached hydrogen (secondary N) is 1. The fourth-order valence-corrected chi connectivity index (χ4v) is 2.70. The Balaban J connectivity index is 1.78. The second-order valence-corrected chi connectivity index (χ2v) is 5.18. The maximum atomic E-state index is 5.68. The van der Waals surface area contributed by atoms with Gasteiger partial charge in [-0.15, -0.1) is 5.10 Å². The lowest BCUT2D eigenvalue weighted by Crippen LogP contribution is -2.00. The summed E-state index contributed by atoms with van der Waals surface area (Å²) in [6.07, 6.45) is 3.79. The fourth-order valence-electron chi connectivity index (χ4n) is 1.78. The van der Waals surface area contributed by atoms with E-state index in [1.54, 1.807) is 6.33 Å². The summed E-state index contributed by atoms with van der Waals surface area (Å²) in [6.45, 7) is 0. The van der Waals surface area contributed by atoms with Crippen LogP contribution in [0.4, 0.5) is 5.95 Å². The van der Waals surface area contributed by atoms with Crippen molar-refractivity contribution in [2.45, 2.75) is 29.1 Å². The van der Waals surface area contributed by atoms with Crippen LogP contribution in [-0.2, 0) is 0 Å². The molecule has 0 aromatic carbocycles. The van der Waals surface area contributed by atoms with Crippen molar-refractivity contribution in [2.24, 2.45) is 0 Å². The minimum absolute atomic E-state index is 0.188. The molecule has 1 fully saturated rings. The number of tetrazole rings is 1. The zero-order chi connectivity index (χ0) is 12.8. The molecule has 1 aliphatic rings. The first-order valence-corrected chi connectivity index (χ1v) is 6.55. The number of H-pyrrole nitrogens is 1. The van der Waals surface area contributed by atoms with Crippen molar-refractivity contribution in [2.75, 3.05) is 5.73 Å². The average Bonchev–Trinajstić information content (AvgIpc) is 2.94. The molecule has 96 valence electrons. The van der Waals surface area contributed by atoms with Crippen LogP contribution in [0.1, 0.15) is 18.9 Å². The highest BCUT2D eigenvalue weighted by molar-refractivity contribution is 7.99. The minimum atomic E-state index is 0.188. The highest BCUT2D eigenvalue weighted by atomic mass is 32.2. The van der Waals surface area contributed by atoms with Crippen LogP contribution in [0.3, 0.4) is 0 Å². The molecule has 3 heterocycles. The first-order valence-electron chi connectivity index (χ1n) is 5.73. The Labute approximate surface area is 111 Å². The first-order chi connectivity index (χ1) is 9.31. The molecule has 3 aromatic heterocycles. The fraction of sp³-hybridized carbons (Fsp3) is 0.333. The third-order valence-electron chi connectivity index (χ3n) is 2.81. The van der Waals surface area contributed by atoms with E-state index in [2.05, 4.69) is 35.5 Å². The largest absolute Gasteiger partial charge is 0.368 e. The maximum Gasteiger partial charge on any atom is 0.223 e. The van der Waals surface area contributed by atoms with Crippen molar-refractivity contribution in [3.05, 3.63) is 6.33 Å². The molecule has 3 N–H and O–H groups in total. The number of imidazole rings is 1. The smallest absolute Gasteiger partial charge is 0.223 e. The predicted octanol–water partition coefficient (Wildman–Crippen LogP) is 0.408. The third kappa shape index (κ3) is 1.80. The monoisotopic (exact) mass is 275 g/mol. The molecule has 0 bridgehead atoms. The van der Waals surface area contributed by atoms with E-state index in [4.69, 9.17) is 5.73 Å². The summed E-state index contributed by atoms with van der Waals surface area (Å²) in [5.41, 5.74) is 6.96. The summed E-state index contributed by atoms with van der Waals surface area (Å²) in [5.74, 6) is 0.188. The van der Waals surface area contributed by atoms with E-state index >= 15 is 0 Å². The zero-order valence-corrected chi connectivity index (χ0v) is 10.5. The van der Waals surface area contributed by atoms with Crippen LogP contribution >= 0.6 is 11.8 Å². The molecule has 0 amide bonds. The number of aromatic amines is 1. The molecule has 0 saturated heterocycles. The first kappa shape index (κ1) is 10.7. The molecule has 0 radical (unpaired) electrons. The summed E-state index contributed by atoms with van der Waals surface area (Å²) in [4.78, 5) is 15.3. The van der Waals surface area contributed by atoms with Crippen LogP contribution < -0.4 is 5.73 Å². The third-order valence-corrected chi connectivity index (χ3v) is 3.75. The van der Waals surface area contributed by atoms with Gasteiger partial charge in [0.05, 0.1) is 12.4 Å². The molecule has 1 saturated carbocycles. The summed E-state index contributed by atoms with van der Waals surface area (Å²) in [6, 6.07) is 0.411. The molecule has 4 rings (SSSR count). The number of fused-ring (bicyclic) bond motifs is 1. The van der Waals surface area contributed by atoms with E-state index in [9.17, 15) is 0 Å². The lowest BCUT2D eigenvalue weighted by Gasteiger charge is -2.03. The number of anilines is 1. The number of hydrogen-bond acceptors (Lipinski definition) is 8. The number of rotatable bonds is 3. The Morgan fingerprint density at radius 2 is 2.26 bits per heavy atom. The van der Waals surface area contributed by atoms with Gasteiger partial charge in [-0.1, -0.05) is 0 Å². The van der Waals surface area contributed by atoms with Crippen molar-refractivity contribution in [1.82, 2.24) is 40.1 Å². The minimum Gasteiger partial charge on any atom is -0.368 e. The average molecular weight is 275 g/mol. The Bertz CT molecular complexity index is 743. The topological polar surface area (TPSA) is 124 Å². The zero-order valence-electron chi connectivity index (χ0n) is 9.69. The standard InChI is InChI=1S/C9H9N9S/c10-8-13-6-5(11-3-12-6)7(14-8)19-9-15-16-17-18(9)4-1-2-4/h3-4H,1-2H2,(H3,10,11,12,13,14). The van der Waals surface area contributed by atoms with Gasteiger partial charge in [-0.25, -0.2) is 14.6 Å². The molecule has 19 heavy (non-hydrogen) atoms. The molecular formula is C9H9N9S. The van der Waals surface area contributed by atoms with Gasteiger partial charge in [-0.3, -0.25) is 0 Å². The van der Waals surface area contributed by atoms with Crippen LogP contribution in [0.25, 0.3) is 11.2 Å². The quantitative estimate of drug-likeness (QED) is 0.658. The molecule has 9 nitrogen and oxygen atoms in total. The lowest BCUT2D eigenvalue weighted by atomic mass is 10.5. The predicted molar refractivity (Wildman–Crippen MR) is 66.3 cm³/mol. The van der Waals surface area contributed by atoms with E-state index in [0.29, 0.717) is 21.9 Å². The van der Waals surface area contributed by atoms with E-state index < -0.39 is 0 Å². The van der Waals surface area contributed by atoms with Gasteiger partial charge in [0.1, 0.15) is 10.5 Å². The number of nitrogen functional groups attached to an aromatic ring is 1. The van der Waals surface area contributed by atoms with Crippen LogP contribution in [0.5, 0.6) is 0 Å². The van der Waals surface area contributed by atoms with Gasteiger partial charge in [0, 0.05) is 0 Å². The molecule has 3 aromatic rings. The van der Waals surface area contributed by atoms with E-state index in [1.807, 2.05) is 4.68 Å². The molecule has 0 atom stereocenters. The molecule has 1 aliphatic carbocycles. The SMILES string of the molecule is Nc1nc(Sc2nnnn2C2CC2)c2[nH]cnc2n1. The van der Waals surface area contributed by atoms with Crippen molar-refractivity contribution in [3.8, 4) is 0 Å². The second kappa shape index (κ2) is 3.88. The van der Waals surface area contributed by atoms with Gasteiger partial charge in [0.2, 0.25) is 11.1 Å². The van der Waals surface area contributed by atoms with E-state index in [-0.39, 0.29) is 5.95 Å². The maximum absolute atomic E-state index is 5.68. The molecule has 10 heteroatoms. The Morgan fingerprint density at radius 3 is 3.11 bits per heavy atom. The number of hydrogen-bond donors (Lipinski definition) is 2. The summed E-state index contributed by atoms with van der Waals surface area (Å²) in [7, 11) is 0. The summed E-state index contributed by atoms with van der Waals surface area (Å²) < 4.78 is 1.82. The Hall–Kier alpha value is -2.23. The van der Waals surface area contributed by atoms with Crippen LogP contribution in [0.15, 0.2) is 16.5 Å². The Kier molecular flexibility index (Phi) is 2.18. The summed E-state index contributed by atoms with van der Waals surface area (Å²) >= 11 is 1.36. The van der Waals surface area contributed by atoms with Crippen LogP contribution in [-0.4, -0.2) is 40.1 Å².